The van der Waals surface area contributed by atoms with Gasteiger partial charge in [-0.2, -0.15) is 0 Å². The van der Waals surface area contributed by atoms with Crippen molar-refractivity contribution in [2.75, 3.05) is 26.9 Å². The summed E-state index contributed by atoms with van der Waals surface area (Å²) in [5.74, 6) is -0.657. The first-order chi connectivity index (χ1) is 11.6. The fourth-order valence-electron chi connectivity index (χ4n) is 2.43. The highest BCUT2D eigenvalue weighted by atomic mass is 32.1. The summed E-state index contributed by atoms with van der Waals surface area (Å²) in [6, 6.07) is 6.40. The first kappa shape index (κ1) is 16.4. The number of hydrogen-bond donors (Lipinski definition) is 1. The van der Waals surface area contributed by atoms with Crippen LogP contribution in [0.15, 0.2) is 30.5 Å². The predicted octanol–water partition coefficient (Wildman–Crippen LogP) is 1.74. The van der Waals surface area contributed by atoms with Crippen molar-refractivity contribution in [2.45, 2.75) is 6.04 Å². The minimum Gasteiger partial charge on any atom is -0.497 e. The minimum absolute atomic E-state index is 0.00517. The molecule has 0 radical (unpaired) electrons. The lowest BCUT2D eigenvalue weighted by molar-refractivity contribution is -0.147. The molecular weight excluding hydrogens is 332 g/mol. The van der Waals surface area contributed by atoms with Gasteiger partial charge in [0.15, 0.2) is 6.04 Å². The molecule has 1 atom stereocenters. The van der Waals surface area contributed by atoms with Gasteiger partial charge in [-0.25, -0.2) is 9.78 Å². The summed E-state index contributed by atoms with van der Waals surface area (Å²) in [5.41, 5.74) is 0.872. The number of amides is 1. The molecule has 1 aliphatic heterocycles. The number of methoxy groups -OCH3 is 1. The van der Waals surface area contributed by atoms with Crippen LogP contribution in [0.4, 0.5) is 0 Å². The maximum atomic E-state index is 12.6. The number of nitrogens with zero attached hydrogens (tertiary/aromatic N) is 2. The van der Waals surface area contributed by atoms with Gasteiger partial charge in [0.05, 0.1) is 26.5 Å². The predicted molar refractivity (Wildman–Crippen MR) is 87.4 cm³/mol. The van der Waals surface area contributed by atoms with Crippen molar-refractivity contribution in [1.29, 1.82) is 0 Å². The van der Waals surface area contributed by atoms with Crippen molar-refractivity contribution in [3.05, 3.63) is 35.3 Å². The SMILES string of the molecule is COc1ccc(-c2ncc(C(=O)N3CCOC[C@@H]3C(=O)O)s2)cc1. The van der Waals surface area contributed by atoms with Crippen molar-refractivity contribution in [3.8, 4) is 16.3 Å². The average molecular weight is 348 g/mol. The molecule has 126 valence electrons. The summed E-state index contributed by atoms with van der Waals surface area (Å²) in [7, 11) is 1.59. The molecule has 7 nitrogen and oxygen atoms in total. The Balaban J connectivity index is 1.81. The Hall–Kier alpha value is -2.45. The smallest absolute Gasteiger partial charge is 0.328 e. The van der Waals surface area contributed by atoms with Crippen molar-refractivity contribution < 1.29 is 24.2 Å². The van der Waals surface area contributed by atoms with E-state index >= 15 is 0 Å². The molecule has 1 saturated heterocycles. The molecule has 0 unspecified atom stereocenters. The summed E-state index contributed by atoms with van der Waals surface area (Å²) in [4.78, 5) is 29.9. The van der Waals surface area contributed by atoms with E-state index < -0.39 is 12.0 Å². The fraction of sp³-hybridized carbons (Fsp3) is 0.312. The van der Waals surface area contributed by atoms with Gasteiger partial charge < -0.3 is 19.5 Å². The second kappa shape index (κ2) is 6.98. The lowest BCUT2D eigenvalue weighted by Crippen LogP contribution is -2.52. The molecule has 1 fully saturated rings. The standard InChI is InChI=1S/C16H16N2O5S/c1-22-11-4-2-10(3-5-11)14-17-8-13(24-14)15(19)18-6-7-23-9-12(18)16(20)21/h2-5,8,12H,6-7,9H2,1H3,(H,20,21)/t12-/m1/s1. The Labute approximate surface area is 142 Å². The van der Waals surface area contributed by atoms with E-state index in [1.54, 1.807) is 7.11 Å². The molecule has 1 N–H and O–H groups in total. The number of hydrogen-bond acceptors (Lipinski definition) is 6. The van der Waals surface area contributed by atoms with Crippen LogP contribution in [0.2, 0.25) is 0 Å². The van der Waals surface area contributed by atoms with Gasteiger partial charge in [-0.05, 0) is 24.3 Å². The number of benzene rings is 1. The van der Waals surface area contributed by atoms with Crippen LogP contribution >= 0.6 is 11.3 Å². The molecule has 1 aromatic carbocycles. The molecule has 2 aromatic rings. The third-order valence-electron chi connectivity index (χ3n) is 3.73. The van der Waals surface area contributed by atoms with E-state index in [-0.39, 0.29) is 19.1 Å². The van der Waals surface area contributed by atoms with Crippen LogP contribution in [0, 0.1) is 0 Å². The number of thiazole rings is 1. The van der Waals surface area contributed by atoms with E-state index in [4.69, 9.17) is 9.47 Å². The summed E-state index contributed by atoms with van der Waals surface area (Å²) in [6.07, 6.45) is 1.49. The molecule has 24 heavy (non-hydrogen) atoms. The molecule has 1 amide bonds. The monoisotopic (exact) mass is 348 g/mol. The van der Waals surface area contributed by atoms with Crippen LogP contribution in [-0.4, -0.2) is 59.8 Å². The number of aliphatic carboxylic acids is 1. The lowest BCUT2D eigenvalue weighted by Gasteiger charge is -2.32. The summed E-state index contributed by atoms with van der Waals surface area (Å²) in [5, 5.41) is 9.93. The normalized spacial score (nSPS) is 17.5. The van der Waals surface area contributed by atoms with Crippen molar-refractivity contribution >= 4 is 23.2 Å². The van der Waals surface area contributed by atoms with E-state index in [0.717, 1.165) is 11.3 Å². The highest BCUT2D eigenvalue weighted by molar-refractivity contribution is 7.16. The molecule has 1 aliphatic rings. The number of aromatic nitrogens is 1. The van der Waals surface area contributed by atoms with E-state index in [2.05, 4.69) is 4.98 Å². The number of carboxylic acids is 1. The highest BCUT2D eigenvalue weighted by Crippen LogP contribution is 2.28. The van der Waals surface area contributed by atoms with E-state index in [1.165, 1.54) is 22.4 Å². The van der Waals surface area contributed by atoms with Gasteiger partial charge in [-0.1, -0.05) is 0 Å². The van der Waals surface area contributed by atoms with Crippen LogP contribution in [0.1, 0.15) is 9.67 Å². The lowest BCUT2D eigenvalue weighted by atomic mass is 10.2. The van der Waals surface area contributed by atoms with Crippen LogP contribution in [-0.2, 0) is 9.53 Å². The molecule has 0 saturated carbocycles. The maximum Gasteiger partial charge on any atom is 0.328 e. The number of carbonyl (C=O) groups excluding carboxylic acids is 1. The zero-order chi connectivity index (χ0) is 17.1. The number of carboxylic acid groups (broad SMARTS) is 1. The first-order valence-corrected chi connectivity index (χ1v) is 8.13. The van der Waals surface area contributed by atoms with E-state index in [0.29, 0.717) is 16.5 Å². The van der Waals surface area contributed by atoms with Crippen LogP contribution in [0.25, 0.3) is 10.6 Å². The minimum atomic E-state index is -1.07. The number of carbonyl (C=O) groups is 2. The zero-order valence-corrected chi connectivity index (χ0v) is 13.8. The Morgan fingerprint density at radius 1 is 1.38 bits per heavy atom. The molecule has 0 aliphatic carbocycles. The third-order valence-corrected chi connectivity index (χ3v) is 4.76. The second-order valence-corrected chi connectivity index (χ2v) is 6.22. The van der Waals surface area contributed by atoms with E-state index in [1.807, 2.05) is 24.3 Å². The van der Waals surface area contributed by atoms with Gasteiger partial charge in [-0.15, -0.1) is 11.3 Å². The summed E-state index contributed by atoms with van der Waals surface area (Å²) in [6.45, 7) is 0.594. The van der Waals surface area contributed by atoms with Gasteiger partial charge >= 0.3 is 5.97 Å². The summed E-state index contributed by atoms with van der Waals surface area (Å²) < 4.78 is 10.3. The second-order valence-electron chi connectivity index (χ2n) is 5.19. The van der Waals surface area contributed by atoms with Crippen molar-refractivity contribution in [1.82, 2.24) is 9.88 Å². The van der Waals surface area contributed by atoms with Crippen LogP contribution < -0.4 is 4.74 Å². The molecule has 8 heteroatoms. The van der Waals surface area contributed by atoms with Gasteiger partial charge in [-0.3, -0.25) is 4.79 Å². The Bertz CT molecular complexity index is 743. The van der Waals surface area contributed by atoms with Gasteiger partial charge in [0.2, 0.25) is 0 Å². The van der Waals surface area contributed by atoms with E-state index in [9.17, 15) is 14.7 Å². The van der Waals surface area contributed by atoms with Crippen molar-refractivity contribution in [2.24, 2.45) is 0 Å². The third kappa shape index (κ3) is 3.24. The Morgan fingerprint density at radius 3 is 2.79 bits per heavy atom. The number of ether oxygens (including phenoxy) is 2. The average Bonchev–Trinajstić information content (AvgIpc) is 3.11. The quantitative estimate of drug-likeness (QED) is 0.905. The maximum absolute atomic E-state index is 12.6. The molecule has 0 spiro atoms. The van der Waals surface area contributed by atoms with Gasteiger partial charge in [0.1, 0.15) is 15.6 Å². The highest BCUT2D eigenvalue weighted by Gasteiger charge is 2.34. The Kier molecular flexibility index (Phi) is 4.77. The zero-order valence-electron chi connectivity index (χ0n) is 13.0. The molecular formula is C16H16N2O5S. The number of morpholine rings is 1. The molecule has 1 aromatic heterocycles. The van der Waals surface area contributed by atoms with Crippen molar-refractivity contribution in [3.63, 3.8) is 0 Å². The topological polar surface area (TPSA) is 89.0 Å². The molecule has 3 rings (SSSR count). The van der Waals surface area contributed by atoms with Gasteiger partial charge in [0.25, 0.3) is 5.91 Å². The van der Waals surface area contributed by atoms with Crippen LogP contribution in [0.3, 0.4) is 0 Å². The van der Waals surface area contributed by atoms with Crippen LogP contribution in [0.5, 0.6) is 5.75 Å². The molecule has 0 bridgehead atoms. The fourth-order valence-corrected chi connectivity index (χ4v) is 3.31. The molecule has 2 heterocycles. The van der Waals surface area contributed by atoms with Gasteiger partial charge in [0, 0.05) is 12.1 Å². The first-order valence-electron chi connectivity index (χ1n) is 7.32. The number of rotatable bonds is 4. The largest absolute Gasteiger partial charge is 0.497 e. The summed E-state index contributed by atoms with van der Waals surface area (Å²) >= 11 is 1.24. The Morgan fingerprint density at radius 2 is 2.12 bits per heavy atom.